The van der Waals surface area contributed by atoms with Gasteiger partial charge in [-0.15, -0.1) is 0 Å². The second-order valence-corrected chi connectivity index (χ2v) is 10.8. The summed E-state index contributed by atoms with van der Waals surface area (Å²) in [6, 6.07) is 17.6. The molecule has 8 heteroatoms. The Morgan fingerprint density at radius 3 is 1.76 bits per heavy atom. The molecule has 0 aliphatic rings. The van der Waals surface area contributed by atoms with Gasteiger partial charge < -0.3 is 0 Å². The van der Waals surface area contributed by atoms with E-state index >= 15 is 22.0 Å². The molecule has 0 amide bonds. The first kappa shape index (κ1) is 30.6. The largest absolute Gasteiger partial charge is 0.206 e. The lowest BCUT2D eigenvalue weighted by molar-refractivity contribution is 0.447. The number of benzene rings is 6. The van der Waals surface area contributed by atoms with Crippen LogP contribution in [0, 0.1) is 72.2 Å². The van der Waals surface area contributed by atoms with E-state index < -0.39 is 63.1 Å². The molecule has 6 aromatic carbocycles. The molecule has 0 spiro atoms. The van der Waals surface area contributed by atoms with Gasteiger partial charge in [0.2, 0.25) is 0 Å². The minimum Gasteiger partial charge on any atom is -0.206 e. The standard InChI is InChI=1S/C38H20F8/c1-19-3-5-21(6-4-19)7-8-22-13-30(40)28(11-20(22)2)23-9-10-27(29(39)14-23)24-12-25-16-32(42)36(38(46)35(25)31(41)15-24)26-17-33(43)37(45)34(44)18-26/h3-6,9-18H,1-2H3. The molecular weight excluding hydrogens is 608 g/mol. The topological polar surface area (TPSA) is 0 Å². The van der Waals surface area contributed by atoms with E-state index in [-0.39, 0.29) is 27.6 Å². The second kappa shape index (κ2) is 11.8. The molecule has 0 saturated heterocycles. The zero-order valence-corrected chi connectivity index (χ0v) is 24.1. The molecule has 6 aromatic rings. The Hall–Kier alpha value is -5.42. The van der Waals surface area contributed by atoms with Crippen LogP contribution < -0.4 is 0 Å². The van der Waals surface area contributed by atoms with E-state index in [0.717, 1.165) is 35.4 Å². The smallest absolute Gasteiger partial charge is 0.194 e. The third-order valence-corrected chi connectivity index (χ3v) is 7.65. The maximum atomic E-state index is 15.4. The van der Waals surface area contributed by atoms with Gasteiger partial charge in [-0.3, -0.25) is 0 Å². The minimum atomic E-state index is -1.83. The fraction of sp³-hybridized carbons (Fsp3) is 0.0526. The molecule has 6 rings (SSSR count). The third kappa shape index (κ3) is 5.61. The van der Waals surface area contributed by atoms with E-state index in [9.17, 15) is 13.2 Å². The number of fused-ring (bicyclic) bond motifs is 1. The Bertz CT molecular complexity index is 2230. The Labute approximate surface area is 258 Å². The quantitative estimate of drug-likeness (QED) is 0.104. The lowest BCUT2D eigenvalue weighted by Crippen LogP contribution is -1.99. The molecular formula is C38H20F8. The van der Waals surface area contributed by atoms with Crippen molar-refractivity contribution in [2.24, 2.45) is 0 Å². The molecule has 0 aliphatic heterocycles. The van der Waals surface area contributed by atoms with Crippen LogP contribution >= 0.6 is 0 Å². The Balaban J connectivity index is 1.36. The van der Waals surface area contributed by atoms with E-state index in [1.165, 1.54) is 18.2 Å². The van der Waals surface area contributed by atoms with Gasteiger partial charge in [0, 0.05) is 22.3 Å². The summed E-state index contributed by atoms with van der Waals surface area (Å²) >= 11 is 0. The van der Waals surface area contributed by atoms with Crippen LogP contribution in [0.4, 0.5) is 35.1 Å². The van der Waals surface area contributed by atoms with Crippen molar-refractivity contribution >= 4 is 10.8 Å². The summed E-state index contributed by atoms with van der Waals surface area (Å²) in [6.45, 7) is 3.70. The average molecular weight is 629 g/mol. The van der Waals surface area contributed by atoms with Gasteiger partial charge in [-0.25, -0.2) is 35.1 Å². The number of rotatable bonds is 3. The highest BCUT2D eigenvalue weighted by molar-refractivity contribution is 5.92. The van der Waals surface area contributed by atoms with Gasteiger partial charge in [0.1, 0.15) is 29.1 Å². The maximum absolute atomic E-state index is 15.4. The first-order valence-corrected chi connectivity index (χ1v) is 13.9. The highest BCUT2D eigenvalue weighted by Crippen LogP contribution is 2.38. The molecule has 228 valence electrons. The molecule has 0 aromatic heterocycles. The van der Waals surface area contributed by atoms with Crippen LogP contribution in [0.2, 0.25) is 0 Å². The summed E-state index contributed by atoms with van der Waals surface area (Å²) in [4.78, 5) is 0. The molecule has 0 fully saturated rings. The van der Waals surface area contributed by atoms with E-state index in [4.69, 9.17) is 0 Å². The molecule has 0 atom stereocenters. The van der Waals surface area contributed by atoms with Crippen LogP contribution in [-0.2, 0) is 0 Å². The summed E-state index contributed by atoms with van der Waals surface area (Å²) in [5, 5.41) is -1.02. The van der Waals surface area contributed by atoms with Crippen LogP contribution in [0.3, 0.4) is 0 Å². The summed E-state index contributed by atoms with van der Waals surface area (Å²) in [5.74, 6) is -4.71. The van der Waals surface area contributed by atoms with Crippen LogP contribution in [0.1, 0.15) is 22.3 Å². The normalized spacial score (nSPS) is 11.1. The predicted octanol–water partition coefficient (Wildman–Crippen LogP) is 11.0. The van der Waals surface area contributed by atoms with Gasteiger partial charge in [0.15, 0.2) is 17.5 Å². The van der Waals surface area contributed by atoms with E-state index in [1.807, 2.05) is 31.2 Å². The SMILES string of the molecule is Cc1ccc(C#Cc2cc(F)c(-c3ccc(-c4cc(F)c5c(F)c(-c6cc(F)c(F)c(F)c6)c(F)cc5c4)c(F)c3)cc2C)cc1. The second-order valence-electron chi connectivity index (χ2n) is 10.8. The van der Waals surface area contributed by atoms with Gasteiger partial charge in [-0.1, -0.05) is 41.7 Å². The van der Waals surface area contributed by atoms with Crippen molar-refractivity contribution in [2.75, 3.05) is 0 Å². The first-order chi connectivity index (χ1) is 21.9. The van der Waals surface area contributed by atoms with Gasteiger partial charge >= 0.3 is 0 Å². The molecule has 0 radical (unpaired) electrons. The zero-order chi connectivity index (χ0) is 32.9. The molecule has 0 saturated carbocycles. The van der Waals surface area contributed by atoms with Crippen molar-refractivity contribution < 1.29 is 35.1 Å². The maximum Gasteiger partial charge on any atom is 0.194 e. The first-order valence-electron chi connectivity index (χ1n) is 13.9. The van der Waals surface area contributed by atoms with Crippen LogP contribution in [0.15, 0.2) is 84.9 Å². The highest BCUT2D eigenvalue weighted by Gasteiger charge is 2.23. The van der Waals surface area contributed by atoms with Crippen LogP contribution in [-0.4, -0.2) is 0 Å². The molecule has 0 aliphatic carbocycles. The monoisotopic (exact) mass is 628 g/mol. The zero-order valence-electron chi connectivity index (χ0n) is 24.1. The molecule has 0 unspecified atom stereocenters. The van der Waals surface area contributed by atoms with Gasteiger partial charge in [-0.05, 0) is 102 Å². The number of halogens is 8. The Morgan fingerprint density at radius 1 is 0.457 bits per heavy atom. The fourth-order valence-corrected chi connectivity index (χ4v) is 5.26. The Morgan fingerprint density at radius 2 is 1.09 bits per heavy atom. The predicted molar refractivity (Wildman–Crippen MR) is 162 cm³/mol. The van der Waals surface area contributed by atoms with Crippen LogP contribution in [0.5, 0.6) is 0 Å². The third-order valence-electron chi connectivity index (χ3n) is 7.65. The molecule has 46 heavy (non-hydrogen) atoms. The lowest BCUT2D eigenvalue weighted by atomic mass is 9.94. The van der Waals surface area contributed by atoms with E-state index in [0.29, 0.717) is 23.3 Å². The number of hydrogen-bond acceptors (Lipinski definition) is 0. The number of hydrogen-bond donors (Lipinski definition) is 0. The fourth-order valence-electron chi connectivity index (χ4n) is 5.26. The molecule has 0 N–H and O–H groups in total. The lowest BCUT2D eigenvalue weighted by Gasteiger charge is -2.13. The van der Waals surface area contributed by atoms with Crippen molar-refractivity contribution in [3.05, 3.63) is 154 Å². The van der Waals surface area contributed by atoms with Crippen molar-refractivity contribution in [3.63, 3.8) is 0 Å². The minimum absolute atomic E-state index is 0.0714. The Kier molecular flexibility index (Phi) is 7.87. The molecule has 0 bridgehead atoms. The van der Waals surface area contributed by atoms with Crippen molar-refractivity contribution in [1.29, 1.82) is 0 Å². The van der Waals surface area contributed by atoms with E-state index in [1.54, 1.807) is 13.0 Å². The number of aryl methyl sites for hydroxylation is 2. The summed E-state index contributed by atoms with van der Waals surface area (Å²) in [5.41, 5.74) is 1.44. The van der Waals surface area contributed by atoms with Gasteiger partial charge in [-0.2, -0.15) is 0 Å². The van der Waals surface area contributed by atoms with E-state index in [2.05, 4.69) is 11.8 Å². The van der Waals surface area contributed by atoms with Crippen molar-refractivity contribution in [3.8, 4) is 45.2 Å². The summed E-state index contributed by atoms with van der Waals surface area (Å²) in [7, 11) is 0. The highest BCUT2D eigenvalue weighted by atomic mass is 19.2. The van der Waals surface area contributed by atoms with Crippen LogP contribution in [0.25, 0.3) is 44.2 Å². The van der Waals surface area contributed by atoms with Crippen molar-refractivity contribution in [1.82, 2.24) is 0 Å². The van der Waals surface area contributed by atoms with Crippen molar-refractivity contribution in [2.45, 2.75) is 13.8 Å². The molecule has 0 nitrogen and oxygen atoms in total. The summed E-state index contributed by atoms with van der Waals surface area (Å²) in [6.07, 6.45) is 0. The molecule has 0 heterocycles. The summed E-state index contributed by atoms with van der Waals surface area (Å²) < 4.78 is 117. The van der Waals surface area contributed by atoms with Gasteiger partial charge in [0.25, 0.3) is 0 Å². The van der Waals surface area contributed by atoms with Gasteiger partial charge in [0.05, 0.1) is 10.9 Å². The average Bonchev–Trinajstić information content (AvgIpc) is 3.00.